The molecule has 16 radical (unpaired) electrons. The molecule has 0 fully saturated rings. The highest BCUT2D eigenvalue weighted by molar-refractivity contribution is 4.94. The lowest BCUT2D eigenvalue weighted by Crippen LogP contribution is -2.35. The van der Waals surface area contributed by atoms with E-state index in [4.69, 9.17) is 64.9 Å². The SMILES string of the molecule is [CH]C([CH])(COC([CH])([CH])[CH])COC([CH])([CH])[CH]. The first kappa shape index (κ1) is 14.9. The van der Waals surface area contributed by atoms with Crippen LogP contribution < -0.4 is 0 Å². The zero-order valence-electron chi connectivity index (χ0n) is 8.35. The molecule has 2 heteroatoms. The van der Waals surface area contributed by atoms with Crippen LogP contribution in [0.1, 0.15) is 0 Å². The van der Waals surface area contributed by atoms with Gasteiger partial charge < -0.3 is 9.47 Å². The lowest BCUT2D eigenvalue weighted by Gasteiger charge is -2.31. The highest BCUT2D eigenvalue weighted by Crippen LogP contribution is 2.21. The van der Waals surface area contributed by atoms with E-state index in [0.29, 0.717) is 0 Å². The summed E-state index contributed by atoms with van der Waals surface area (Å²) in [6.07, 6.45) is 0. The Balaban J connectivity index is 3.98. The Bertz CT molecular complexity index is 162. The van der Waals surface area contributed by atoms with Gasteiger partial charge in [-0.15, -0.1) is 0 Å². The van der Waals surface area contributed by atoms with E-state index in [2.05, 4.69) is 0 Å². The predicted molar refractivity (Wildman–Crippen MR) is 54.2 cm³/mol. The maximum absolute atomic E-state index is 5.53. The Morgan fingerprint density at radius 1 is 0.600 bits per heavy atom. The first-order valence-corrected chi connectivity index (χ1v) is 4.00. The van der Waals surface area contributed by atoms with Gasteiger partial charge in [0.15, 0.2) is 0 Å². The summed E-state index contributed by atoms with van der Waals surface area (Å²) in [5.41, 5.74) is -5.06. The second kappa shape index (κ2) is 4.84. The lowest BCUT2D eigenvalue weighted by atomic mass is 9.95. The van der Waals surface area contributed by atoms with E-state index in [-0.39, 0.29) is 13.2 Å². The van der Waals surface area contributed by atoms with Crippen molar-refractivity contribution in [3.05, 3.63) is 55.4 Å². The maximum Gasteiger partial charge on any atom is 0.0789 e. The second-order valence-electron chi connectivity index (χ2n) is 3.52. The molecule has 0 amide bonds. The minimum Gasteiger partial charge on any atom is -0.373 e. The molecule has 0 aromatic heterocycles. The lowest BCUT2D eigenvalue weighted by molar-refractivity contribution is -0.0362. The molecule has 0 spiro atoms. The molecule has 76 valence electrons. The Hall–Kier alpha value is -0.0800. The molecular weight excluding hydrogens is 188 g/mol. The van der Waals surface area contributed by atoms with Gasteiger partial charge in [-0.1, -0.05) is 0 Å². The van der Waals surface area contributed by atoms with Crippen molar-refractivity contribution in [3.8, 4) is 0 Å². The van der Waals surface area contributed by atoms with Gasteiger partial charge in [-0.05, 0) is 13.8 Å². The average molecular weight is 200 g/mol. The number of rotatable bonds is 6. The van der Waals surface area contributed by atoms with Gasteiger partial charge in [-0.2, -0.15) is 0 Å². The fraction of sp³-hybridized carbons (Fsp3) is 0.385. The van der Waals surface area contributed by atoms with Crippen LogP contribution in [0.5, 0.6) is 0 Å². The zero-order valence-corrected chi connectivity index (χ0v) is 8.35. The van der Waals surface area contributed by atoms with Gasteiger partial charge in [0, 0.05) is 47.0 Å². The van der Waals surface area contributed by atoms with Crippen molar-refractivity contribution in [1.82, 2.24) is 0 Å². The largest absolute Gasteiger partial charge is 0.373 e. The topological polar surface area (TPSA) is 18.5 Å². The van der Waals surface area contributed by atoms with E-state index in [9.17, 15) is 0 Å². The summed E-state index contributed by atoms with van der Waals surface area (Å²) in [5, 5.41) is 0. The molecule has 15 heavy (non-hydrogen) atoms. The third-order valence-electron chi connectivity index (χ3n) is 1.18. The first-order valence-electron chi connectivity index (χ1n) is 4.00. The molecular formula is C13H12O2. The summed E-state index contributed by atoms with van der Waals surface area (Å²) in [7, 11) is 0. The molecule has 0 aromatic rings. The third-order valence-corrected chi connectivity index (χ3v) is 1.18. The van der Waals surface area contributed by atoms with E-state index in [1.165, 1.54) is 0 Å². The van der Waals surface area contributed by atoms with Gasteiger partial charge in [0.25, 0.3) is 0 Å². The van der Waals surface area contributed by atoms with Gasteiger partial charge in [0.05, 0.1) is 24.4 Å². The molecule has 0 bridgehead atoms. The summed E-state index contributed by atoms with van der Waals surface area (Å²) < 4.78 is 9.48. The summed E-state index contributed by atoms with van der Waals surface area (Å²) in [6.45, 7) is 41.3. The summed E-state index contributed by atoms with van der Waals surface area (Å²) in [6, 6.07) is 0. The zero-order chi connectivity index (χ0) is 12.3. The molecule has 0 N–H and O–H groups in total. The Labute approximate surface area is 95.3 Å². The number of ether oxygens (including phenoxy) is 2. The highest BCUT2D eigenvalue weighted by atomic mass is 16.5. The van der Waals surface area contributed by atoms with Crippen molar-refractivity contribution in [2.75, 3.05) is 13.2 Å². The molecule has 0 aliphatic carbocycles. The van der Waals surface area contributed by atoms with Crippen LogP contribution in [0.25, 0.3) is 0 Å². The van der Waals surface area contributed by atoms with E-state index in [1.54, 1.807) is 0 Å². The molecule has 0 aliphatic heterocycles. The van der Waals surface area contributed by atoms with Crippen LogP contribution in [-0.4, -0.2) is 24.4 Å². The van der Waals surface area contributed by atoms with Crippen LogP contribution in [0.4, 0.5) is 0 Å². The van der Waals surface area contributed by atoms with Crippen molar-refractivity contribution in [2.24, 2.45) is 5.41 Å². The van der Waals surface area contributed by atoms with Crippen LogP contribution >= 0.6 is 0 Å². The van der Waals surface area contributed by atoms with Crippen LogP contribution in [0.15, 0.2) is 0 Å². The minimum atomic E-state index is -1.82. The number of hydrogen-bond acceptors (Lipinski definition) is 2. The number of hydrogen-bond donors (Lipinski definition) is 0. The molecule has 0 saturated heterocycles. The van der Waals surface area contributed by atoms with Crippen molar-refractivity contribution in [1.29, 1.82) is 0 Å². The van der Waals surface area contributed by atoms with Gasteiger partial charge >= 0.3 is 0 Å². The van der Waals surface area contributed by atoms with Crippen molar-refractivity contribution < 1.29 is 9.47 Å². The summed E-state index contributed by atoms with van der Waals surface area (Å²) in [4.78, 5) is 0. The molecule has 0 aliphatic rings. The summed E-state index contributed by atoms with van der Waals surface area (Å²) in [5.74, 6) is 0. The van der Waals surface area contributed by atoms with Gasteiger partial charge in [0.1, 0.15) is 0 Å². The fourth-order valence-electron chi connectivity index (χ4n) is 0.560. The molecule has 0 rings (SSSR count). The third kappa shape index (κ3) is 10.2. The van der Waals surface area contributed by atoms with E-state index >= 15 is 0 Å². The maximum atomic E-state index is 5.53. The standard InChI is InChI=1S/C13H12O2/c1-11(2,3)14-9-13(7,8)10-15-12(4,5)6/h1-8H,9-10H2. The van der Waals surface area contributed by atoms with Crippen LogP contribution in [0, 0.1) is 60.8 Å². The van der Waals surface area contributed by atoms with Crippen molar-refractivity contribution >= 4 is 0 Å². The van der Waals surface area contributed by atoms with Gasteiger partial charge in [-0.25, -0.2) is 0 Å². The van der Waals surface area contributed by atoms with E-state index < -0.39 is 16.6 Å². The molecule has 0 atom stereocenters. The van der Waals surface area contributed by atoms with Crippen LogP contribution in [0.3, 0.4) is 0 Å². The predicted octanol–water partition coefficient (Wildman–Crippen LogP) is 1.17. The van der Waals surface area contributed by atoms with Crippen molar-refractivity contribution in [3.63, 3.8) is 0 Å². The quantitative estimate of drug-likeness (QED) is 0.641. The van der Waals surface area contributed by atoms with Gasteiger partial charge in [-0.3, -0.25) is 0 Å². The van der Waals surface area contributed by atoms with Crippen molar-refractivity contribution in [2.45, 2.75) is 11.2 Å². The molecule has 0 aromatic carbocycles. The first-order chi connectivity index (χ1) is 6.41. The smallest absolute Gasteiger partial charge is 0.0789 e. The fourth-order valence-corrected chi connectivity index (χ4v) is 0.560. The summed E-state index contributed by atoms with van der Waals surface area (Å²) >= 11 is 0. The highest BCUT2D eigenvalue weighted by Gasteiger charge is 2.26. The average Bonchev–Trinajstić information content (AvgIpc) is 1.96. The Morgan fingerprint density at radius 3 is 1.07 bits per heavy atom. The van der Waals surface area contributed by atoms with Crippen LogP contribution in [-0.2, 0) is 9.47 Å². The Morgan fingerprint density at radius 2 is 0.867 bits per heavy atom. The molecule has 0 saturated carbocycles. The van der Waals surface area contributed by atoms with Gasteiger partial charge in [0.2, 0.25) is 0 Å². The normalized spacial score (nSPS) is 14.4. The minimum absolute atomic E-state index is 0.257. The van der Waals surface area contributed by atoms with Crippen LogP contribution in [0.2, 0.25) is 0 Å². The second-order valence-corrected chi connectivity index (χ2v) is 3.52. The molecule has 0 unspecified atom stereocenters. The van der Waals surface area contributed by atoms with E-state index in [0.717, 1.165) is 0 Å². The molecule has 0 heterocycles. The Kier molecular flexibility index (Phi) is 4.81. The monoisotopic (exact) mass is 200 g/mol. The molecule has 2 nitrogen and oxygen atoms in total. The van der Waals surface area contributed by atoms with E-state index in [1.807, 2.05) is 0 Å².